The highest BCUT2D eigenvalue weighted by molar-refractivity contribution is 5.72. The SMILES string of the molecule is CCCCCCCC(CC)C(=O)OCCCC. The summed E-state index contributed by atoms with van der Waals surface area (Å²) < 4.78 is 5.27. The molecular formula is C15H30O2. The van der Waals surface area contributed by atoms with Gasteiger partial charge >= 0.3 is 5.97 Å². The molecule has 0 spiro atoms. The summed E-state index contributed by atoms with van der Waals surface area (Å²) in [6.07, 6.45) is 10.3. The van der Waals surface area contributed by atoms with E-state index in [9.17, 15) is 4.79 Å². The molecule has 0 radical (unpaired) electrons. The van der Waals surface area contributed by atoms with Gasteiger partial charge in [0.15, 0.2) is 0 Å². The van der Waals surface area contributed by atoms with Gasteiger partial charge in [-0.25, -0.2) is 0 Å². The van der Waals surface area contributed by atoms with Crippen LogP contribution >= 0.6 is 0 Å². The smallest absolute Gasteiger partial charge is 0.308 e. The van der Waals surface area contributed by atoms with Crippen LogP contribution in [-0.4, -0.2) is 12.6 Å². The molecule has 17 heavy (non-hydrogen) atoms. The van der Waals surface area contributed by atoms with Gasteiger partial charge in [-0.15, -0.1) is 0 Å². The Hall–Kier alpha value is -0.530. The number of unbranched alkanes of at least 4 members (excludes halogenated alkanes) is 5. The van der Waals surface area contributed by atoms with E-state index in [4.69, 9.17) is 4.74 Å². The van der Waals surface area contributed by atoms with E-state index < -0.39 is 0 Å². The Morgan fingerprint density at radius 2 is 1.59 bits per heavy atom. The minimum Gasteiger partial charge on any atom is -0.465 e. The first-order chi connectivity index (χ1) is 8.26. The van der Waals surface area contributed by atoms with Crippen molar-refractivity contribution in [2.45, 2.75) is 78.6 Å². The monoisotopic (exact) mass is 242 g/mol. The van der Waals surface area contributed by atoms with Crippen molar-refractivity contribution in [2.75, 3.05) is 6.61 Å². The summed E-state index contributed by atoms with van der Waals surface area (Å²) >= 11 is 0. The van der Waals surface area contributed by atoms with Crippen LogP contribution in [0.1, 0.15) is 78.6 Å². The lowest BCUT2D eigenvalue weighted by Gasteiger charge is -2.13. The van der Waals surface area contributed by atoms with E-state index in [1.165, 1.54) is 32.1 Å². The summed E-state index contributed by atoms with van der Waals surface area (Å²) in [6.45, 7) is 7.01. The predicted molar refractivity (Wildman–Crippen MR) is 73.0 cm³/mol. The average Bonchev–Trinajstić information content (AvgIpc) is 2.34. The van der Waals surface area contributed by atoms with Gasteiger partial charge in [-0.1, -0.05) is 59.3 Å². The summed E-state index contributed by atoms with van der Waals surface area (Å²) in [4.78, 5) is 11.7. The van der Waals surface area contributed by atoms with Gasteiger partial charge in [-0.2, -0.15) is 0 Å². The molecule has 0 aliphatic heterocycles. The Balaban J connectivity index is 3.62. The van der Waals surface area contributed by atoms with Crippen molar-refractivity contribution < 1.29 is 9.53 Å². The lowest BCUT2D eigenvalue weighted by atomic mass is 9.98. The van der Waals surface area contributed by atoms with Gasteiger partial charge in [0.2, 0.25) is 0 Å². The first-order valence-corrected chi connectivity index (χ1v) is 7.42. The van der Waals surface area contributed by atoms with Crippen LogP contribution in [0.4, 0.5) is 0 Å². The quantitative estimate of drug-likeness (QED) is 0.387. The second-order valence-electron chi connectivity index (χ2n) is 4.83. The average molecular weight is 242 g/mol. The zero-order chi connectivity index (χ0) is 12.9. The predicted octanol–water partition coefficient (Wildman–Crippen LogP) is 4.72. The van der Waals surface area contributed by atoms with E-state index in [1.807, 2.05) is 0 Å². The number of rotatable bonds is 11. The van der Waals surface area contributed by atoms with Gasteiger partial charge in [0.05, 0.1) is 12.5 Å². The van der Waals surface area contributed by atoms with Crippen LogP contribution in [0.15, 0.2) is 0 Å². The summed E-state index contributed by atoms with van der Waals surface area (Å²) in [5.74, 6) is 0.157. The van der Waals surface area contributed by atoms with Crippen molar-refractivity contribution >= 4 is 5.97 Å². The molecule has 0 amide bonds. The zero-order valence-corrected chi connectivity index (χ0v) is 12.0. The largest absolute Gasteiger partial charge is 0.465 e. The molecule has 1 unspecified atom stereocenters. The van der Waals surface area contributed by atoms with Gasteiger partial charge in [0.25, 0.3) is 0 Å². The third-order valence-corrected chi connectivity index (χ3v) is 3.22. The highest BCUT2D eigenvalue weighted by Gasteiger charge is 2.16. The molecule has 0 aliphatic carbocycles. The first-order valence-electron chi connectivity index (χ1n) is 7.42. The molecule has 0 aromatic rings. The maximum atomic E-state index is 11.7. The maximum absolute atomic E-state index is 11.7. The Kier molecular flexibility index (Phi) is 11.6. The summed E-state index contributed by atoms with van der Waals surface area (Å²) in [5.41, 5.74) is 0. The number of carbonyl (C=O) groups excluding carboxylic acids is 1. The Morgan fingerprint density at radius 1 is 0.941 bits per heavy atom. The fourth-order valence-electron chi connectivity index (χ4n) is 1.92. The third-order valence-electron chi connectivity index (χ3n) is 3.22. The molecular weight excluding hydrogens is 212 g/mol. The summed E-state index contributed by atoms with van der Waals surface area (Å²) in [7, 11) is 0. The first kappa shape index (κ1) is 16.5. The Labute approximate surface area is 107 Å². The summed E-state index contributed by atoms with van der Waals surface area (Å²) in [6, 6.07) is 0. The molecule has 0 bridgehead atoms. The van der Waals surface area contributed by atoms with E-state index >= 15 is 0 Å². The van der Waals surface area contributed by atoms with Crippen molar-refractivity contribution in [3.8, 4) is 0 Å². The summed E-state index contributed by atoms with van der Waals surface area (Å²) in [5, 5.41) is 0. The van der Waals surface area contributed by atoms with Crippen LogP contribution in [-0.2, 0) is 9.53 Å². The highest BCUT2D eigenvalue weighted by Crippen LogP contribution is 2.16. The molecule has 1 atom stereocenters. The van der Waals surface area contributed by atoms with Gasteiger partial charge in [0.1, 0.15) is 0 Å². The number of ether oxygens (including phenoxy) is 1. The highest BCUT2D eigenvalue weighted by atomic mass is 16.5. The Morgan fingerprint density at radius 3 is 2.18 bits per heavy atom. The fraction of sp³-hybridized carbons (Fsp3) is 0.933. The molecule has 0 aromatic carbocycles. The minimum absolute atomic E-state index is 0.0245. The molecule has 102 valence electrons. The zero-order valence-electron chi connectivity index (χ0n) is 12.0. The minimum atomic E-state index is 0.0245. The molecule has 0 heterocycles. The van der Waals surface area contributed by atoms with Crippen LogP contribution in [0.5, 0.6) is 0 Å². The van der Waals surface area contributed by atoms with Gasteiger partial charge in [0, 0.05) is 0 Å². The van der Waals surface area contributed by atoms with Crippen LogP contribution in [0.3, 0.4) is 0 Å². The van der Waals surface area contributed by atoms with Crippen LogP contribution in [0.25, 0.3) is 0 Å². The number of hydrogen-bond donors (Lipinski definition) is 0. The topological polar surface area (TPSA) is 26.3 Å². The van der Waals surface area contributed by atoms with Crippen LogP contribution in [0.2, 0.25) is 0 Å². The second kappa shape index (κ2) is 11.9. The molecule has 0 rings (SSSR count). The van der Waals surface area contributed by atoms with E-state index in [2.05, 4.69) is 20.8 Å². The normalized spacial score (nSPS) is 12.4. The van der Waals surface area contributed by atoms with Crippen molar-refractivity contribution in [3.63, 3.8) is 0 Å². The van der Waals surface area contributed by atoms with Crippen molar-refractivity contribution in [1.82, 2.24) is 0 Å². The third kappa shape index (κ3) is 9.20. The maximum Gasteiger partial charge on any atom is 0.308 e. The molecule has 0 aliphatic rings. The van der Waals surface area contributed by atoms with E-state index in [1.54, 1.807) is 0 Å². The number of hydrogen-bond acceptors (Lipinski definition) is 2. The lowest BCUT2D eigenvalue weighted by Crippen LogP contribution is -2.17. The molecule has 2 heteroatoms. The van der Waals surface area contributed by atoms with Crippen LogP contribution in [0, 0.1) is 5.92 Å². The Bertz CT molecular complexity index is 178. The number of carbonyl (C=O) groups is 1. The fourth-order valence-corrected chi connectivity index (χ4v) is 1.92. The number of esters is 1. The van der Waals surface area contributed by atoms with Gasteiger partial charge in [-0.05, 0) is 19.3 Å². The van der Waals surface area contributed by atoms with Gasteiger partial charge < -0.3 is 4.74 Å². The van der Waals surface area contributed by atoms with E-state index in [0.717, 1.165) is 25.7 Å². The van der Waals surface area contributed by atoms with Crippen molar-refractivity contribution in [1.29, 1.82) is 0 Å². The molecule has 0 saturated heterocycles. The van der Waals surface area contributed by atoms with Crippen molar-refractivity contribution in [2.24, 2.45) is 5.92 Å². The van der Waals surface area contributed by atoms with Gasteiger partial charge in [-0.3, -0.25) is 4.79 Å². The molecule has 0 saturated carbocycles. The molecule has 0 N–H and O–H groups in total. The van der Waals surface area contributed by atoms with E-state index in [-0.39, 0.29) is 11.9 Å². The molecule has 2 nitrogen and oxygen atoms in total. The van der Waals surface area contributed by atoms with Crippen LogP contribution < -0.4 is 0 Å². The van der Waals surface area contributed by atoms with Crippen molar-refractivity contribution in [3.05, 3.63) is 0 Å². The second-order valence-corrected chi connectivity index (χ2v) is 4.83. The molecule has 0 fully saturated rings. The lowest BCUT2D eigenvalue weighted by molar-refractivity contribution is -0.149. The standard InChI is InChI=1S/C15H30O2/c1-4-7-9-10-11-12-14(6-3)15(16)17-13-8-5-2/h14H,4-13H2,1-3H3. The van der Waals surface area contributed by atoms with E-state index in [0.29, 0.717) is 6.61 Å². The molecule has 0 aromatic heterocycles.